The zero-order chi connectivity index (χ0) is 9.45. The summed E-state index contributed by atoms with van der Waals surface area (Å²) in [4.78, 5) is 9.84. The summed E-state index contributed by atoms with van der Waals surface area (Å²) in [6.07, 6.45) is 2.73. The van der Waals surface area contributed by atoms with E-state index in [0.29, 0.717) is 19.4 Å². The van der Waals surface area contributed by atoms with Crippen LogP contribution in [0.5, 0.6) is 0 Å². The molecule has 0 bridgehead atoms. The molecule has 0 aromatic heterocycles. The summed E-state index contributed by atoms with van der Waals surface area (Å²) in [6.45, 7) is 6.91. The first-order chi connectivity index (χ1) is 5.68. The van der Waals surface area contributed by atoms with Gasteiger partial charge in [0.1, 0.15) is 0 Å². The average Bonchev–Trinajstić information content (AvgIpc) is 2.02. The van der Waals surface area contributed by atoms with E-state index in [-0.39, 0.29) is 0 Å². The fourth-order valence-electron chi connectivity index (χ4n) is 1.04. The first-order valence-electron chi connectivity index (χ1n) is 4.68. The number of hydrogen-bond acceptors (Lipinski definition) is 3. The van der Waals surface area contributed by atoms with Gasteiger partial charge in [-0.1, -0.05) is 0 Å². The molecule has 0 unspecified atom stereocenters. The summed E-state index contributed by atoms with van der Waals surface area (Å²) >= 11 is 0. The Labute approximate surface area is 75.7 Å². The van der Waals surface area contributed by atoms with Crippen LogP contribution in [0.3, 0.4) is 0 Å². The molecule has 0 heterocycles. The molecule has 0 radical (unpaired) electrons. The molecular weight excluding hydrogens is 175 g/mol. The number of unbranched alkanes of at least 4 members (excludes halogenated alkanes) is 1. The summed E-state index contributed by atoms with van der Waals surface area (Å²) in [5, 5.41) is 0. The topological polar surface area (TPSA) is 38.7 Å². The normalized spacial score (nSPS) is 13.3. The second-order valence-electron chi connectivity index (χ2n) is 2.68. The predicted octanol–water partition coefficient (Wildman–Crippen LogP) is 2.35. The number of hydrogen-bond donors (Lipinski definition) is 1. The van der Waals surface area contributed by atoms with Crippen molar-refractivity contribution in [1.82, 2.24) is 0 Å². The van der Waals surface area contributed by atoms with E-state index in [2.05, 4.69) is 6.92 Å². The van der Waals surface area contributed by atoms with Gasteiger partial charge in [0, 0.05) is 0 Å². The Morgan fingerprint density at radius 2 is 1.58 bits per heavy atom. The van der Waals surface area contributed by atoms with Gasteiger partial charge in [0.15, 0.2) is 0 Å². The summed E-state index contributed by atoms with van der Waals surface area (Å²) in [7, 11) is -2.77. The van der Waals surface area contributed by atoms with Crippen molar-refractivity contribution in [3.05, 3.63) is 0 Å². The van der Waals surface area contributed by atoms with Gasteiger partial charge in [0.25, 0.3) is 0 Å². The van der Waals surface area contributed by atoms with Crippen molar-refractivity contribution in [2.45, 2.75) is 33.6 Å². The summed E-state index contributed by atoms with van der Waals surface area (Å²) in [5.74, 6) is 0. The molecule has 0 saturated carbocycles. The van der Waals surface area contributed by atoms with Crippen molar-refractivity contribution in [2.75, 3.05) is 19.4 Å². The molecule has 4 heteroatoms. The Hall–Kier alpha value is 0.310. The Kier molecular flexibility index (Phi) is 6.96. The molecule has 0 aliphatic heterocycles. The monoisotopic (exact) mass is 196 g/mol. The van der Waals surface area contributed by atoms with E-state index in [1.807, 2.05) is 13.8 Å². The molecule has 0 atom stereocenters. The molecule has 1 N–H and O–H groups in total. The molecule has 0 amide bonds. The second kappa shape index (κ2) is 6.79. The third-order valence-corrected chi connectivity index (χ3v) is 4.05. The van der Waals surface area contributed by atoms with Gasteiger partial charge in [-0.2, -0.15) is 0 Å². The van der Waals surface area contributed by atoms with Crippen LogP contribution in [0.25, 0.3) is 0 Å². The molecule has 0 rings (SSSR count). The van der Waals surface area contributed by atoms with E-state index < -0.39 is 7.94 Å². The Balaban J connectivity index is 3.80. The van der Waals surface area contributed by atoms with E-state index in [4.69, 9.17) is 9.05 Å². The third-order valence-electron chi connectivity index (χ3n) is 1.59. The van der Waals surface area contributed by atoms with E-state index >= 15 is 0 Å². The number of rotatable bonds is 7. The van der Waals surface area contributed by atoms with Crippen LogP contribution >= 0.6 is 7.94 Å². The van der Waals surface area contributed by atoms with Crippen molar-refractivity contribution >= 4 is 7.94 Å². The van der Waals surface area contributed by atoms with E-state index in [0.717, 1.165) is 12.8 Å². The van der Waals surface area contributed by atoms with Gasteiger partial charge in [-0.3, -0.25) is 0 Å². The van der Waals surface area contributed by atoms with E-state index in [9.17, 15) is 4.89 Å². The van der Waals surface area contributed by atoms with Gasteiger partial charge in [-0.05, 0) is 0 Å². The molecule has 0 aliphatic carbocycles. The zero-order valence-electron chi connectivity index (χ0n) is 8.30. The molecule has 3 nitrogen and oxygen atoms in total. The molecule has 76 valence electrons. The Bertz CT molecular complexity index is 102. The molecule has 12 heavy (non-hydrogen) atoms. The van der Waals surface area contributed by atoms with Crippen LogP contribution in [-0.2, 0) is 9.05 Å². The molecule has 0 fully saturated rings. The summed E-state index contributed by atoms with van der Waals surface area (Å²) in [5.41, 5.74) is 0. The maximum atomic E-state index is 9.84. The maximum absolute atomic E-state index is 9.84. The van der Waals surface area contributed by atoms with Crippen LogP contribution in [0, 0.1) is 0 Å². The van der Waals surface area contributed by atoms with E-state index in [1.54, 1.807) is 0 Å². The van der Waals surface area contributed by atoms with Crippen molar-refractivity contribution in [3.63, 3.8) is 0 Å². The summed E-state index contributed by atoms with van der Waals surface area (Å²) < 4.78 is 10.5. The third kappa shape index (κ3) is 5.04. The second-order valence-corrected chi connectivity index (χ2v) is 5.19. The van der Waals surface area contributed by atoms with Gasteiger partial charge in [0.2, 0.25) is 0 Å². The van der Waals surface area contributed by atoms with Crippen LogP contribution in [0.4, 0.5) is 0 Å². The van der Waals surface area contributed by atoms with Crippen LogP contribution in [0.15, 0.2) is 0 Å². The van der Waals surface area contributed by atoms with Crippen LogP contribution in [0.2, 0.25) is 0 Å². The molecular formula is C8H21O3P. The summed E-state index contributed by atoms with van der Waals surface area (Å²) in [6, 6.07) is 0. The standard InChI is InChI=1S/C8H21O3P/c1-4-7-8-12(9,10-5-2)11-6-3/h9,12H,4-8H2,1-3H3. The van der Waals surface area contributed by atoms with Crippen LogP contribution in [0.1, 0.15) is 33.6 Å². The average molecular weight is 196 g/mol. The van der Waals surface area contributed by atoms with Crippen LogP contribution in [-0.4, -0.2) is 24.3 Å². The fourth-order valence-corrected chi connectivity index (χ4v) is 3.11. The van der Waals surface area contributed by atoms with Crippen molar-refractivity contribution in [3.8, 4) is 0 Å². The van der Waals surface area contributed by atoms with Crippen molar-refractivity contribution in [1.29, 1.82) is 0 Å². The van der Waals surface area contributed by atoms with Gasteiger partial charge < -0.3 is 0 Å². The zero-order valence-corrected chi connectivity index (χ0v) is 9.30. The van der Waals surface area contributed by atoms with Crippen molar-refractivity contribution < 1.29 is 13.9 Å². The molecule has 0 spiro atoms. The van der Waals surface area contributed by atoms with Gasteiger partial charge in [0.05, 0.1) is 0 Å². The quantitative estimate of drug-likeness (QED) is 0.635. The van der Waals surface area contributed by atoms with Crippen molar-refractivity contribution in [2.24, 2.45) is 0 Å². The minimum absolute atomic E-state index is 0.534. The molecule has 0 saturated heterocycles. The minimum atomic E-state index is -2.77. The molecule has 0 aromatic rings. The fraction of sp³-hybridized carbons (Fsp3) is 1.00. The first-order valence-corrected chi connectivity index (χ1v) is 6.65. The first kappa shape index (κ1) is 12.3. The van der Waals surface area contributed by atoms with Gasteiger partial charge >= 0.3 is 74.9 Å². The van der Waals surface area contributed by atoms with Crippen LogP contribution < -0.4 is 0 Å². The molecule has 0 aliphatic rings. The molecule has 0 aromatic carbocycles. The van der Waals surface area contributed by atoms with E-state index in [1.165, 1.54) is 0 Å². The van der Waals surface area contributed by atoms with Gasteiger partial charge in [-0.15, -0.1) is 0 Å². The predicted molar refractivity (Wildman–Crippen MR) is 53.6 cm³/mol. The SMILES string of the molecule is CCCC[PH](O)(OCC)OCC. The Morgan fingerprint density at radius 1 is 1.08 bits per heavy atom. The van der Waals surface area contributed by atoms with Gasteiger partial charge in [-0.25, -0.2) is 0 Å². The Morgan fingerprint density at radius 3 is 1.92 bits per heavy atom.